The van der Waals surface area contributed by atoms with E-state index in [1.807, 2.05) is 6.20 Å². The fourth-order valence-electron chi connectivity index (χ4n) is 2.41. The maximum absolute atomic E-state index is 5.80. The van der Waals surface area contributed by atoms with Gasteiger partial charge in [-0.15, -0.1) is 0 Å². The molecule has 5 heteroatoms. The smallest absolute Gasteiger partial charge is 0.133 e. The number of rotatable bonds is 4. The Morgan fingerprint density at radius 3 is 2.67 bits per heavy atom. The molecule has 1 aromatic rings. The molecular formula is C13H21BrN4. The molecule has 1 aliphatic heterocycles. The highest BCUT2D eigenvalue weighted by Gasteiger charge is 2.19. The van der Waals surface area contributed by atoms with Gasteiger partial charge in [0.05, 0.1) is 0 Å². The average Bonchev–Trinajstić information content (AvgIpc) is 2.40. The average molecular weight is 313 g/mol. The molecule has 0 aliphatic carbocycles. The summed E-state index contributed by atoms with van der Waals surface area (Å²) in [4.78, 5) is 9.38. The van der Waals surface area contributed by atoms with Gasteiger partial charge in [0.15, 0.2) is 0 Å². The number of halogens is 1. The Kier molecular flexibility index (Phi) is 4.97. The van der Waals surface area contributed by atoms with Crippen molar-refractivity contribution in [2.45, 2.75) is 19.9 Å². The van der Waals surface area contributed by atoms with E-state index in [9.17, 15) is 0 Å². The van der Waals surface area contributed by atoms with Crippen LogP contribution in [0.3, 0.4) is 0 Å². The summed E-state index contributed by atoms with van der Waals surface area (Å²) in [5.74, 6) is 1.05. The molecule has 0 spiro atoms. The van der Waals surface area contributed by atoms with Crippen LogP contribution in [0.4, 0.5) is 5.82 Å². The minimum atomic E-state index is 0.539. The summed E-state index contributed by atoms with van der Waals surface area (Å²) in [6, 6.07) is 2.07. The van der Waals surface area contributed by atoms with Gasteiger partial charge in [0.2, 0.25) is 0 Å². The molecule has 18 heavy (non-hydrogen) atoms. The molecule has 1 saturated heterocycles. The summed E-state index contributed by atoms with van der Waals surface area (Å²) in [5.41, 5.74) is 6.92. The van der Waals surface area contributed by atoms with Crippen LogP contribution in [0.15, 0.2) is 16.7 Å². The highest BCUT2D eigenvalue weighted by molar-refractivity contribution is 9.10. The Bertz CT molecular complexity index is 389. The van der Waals surface area contributed by atoms with Gasteiger partial charge in [-0.1, -0.05) is 6.92 Å². The van der Waals surface area contributed by atoms with Gasteiger partial charge in [-0.3, -0.25) is 4.90 Å². The molecule has 0 amide bonds. The van der Waals surface area contributed by atoms with Crippen LogP contribution in [0.5, 0.6) is 0 Å². The van der Waals surface area contributed by atoms with Crippen LogP contribution in [0, 0.1) is 0 Å². The lowest BCUT2D eigenvalue weighted by molar-refractivity contribution is 0.258. The quantitative estimate of drug-likeness (QED) is 0.921. The standard InChI is InChI=1S/C13H21BrN4/c1-2-3-17-4-6-18(7-5-17)13-11(9-15)8-12(14)10-16-13/h8,10H,2-7,9,15H2,1H3. The predicted molar refractivity (Wildman–Crippen MR) is 78.8 cm³/mol. The lowest BCUT2D eigenvalue weighted by atomic mass is 10.2. The zero-order chi connectivity index (χ0) is 13.0. The van der Waals surface area contributed by atoms with E-state index in [2.05, 4.69) is 43.7 Å². The minimum absolute atomic E-state index is 0.539. The van der Waals surface area contributed by atoms with Crippen molar-refractivity contribution in [2.24, 2.45) is 5.73 Å². The van der Waals surface area contributed by atoms with Crippen LogP contribution in [0.2, 0.25) is 0 Å². The Morgan fingerprint density at radius 2 is 2.06 bits per heavy atom. The lowest BCUT2D eigenvalue weighted by Crippen LogP contribution is -2.47. The van der Waals surface area contributed by atoms with Crippen molar-refractivity contribution in [3.05, 3.63) is 22.3 Å². The van der Waals surface area contributed by atoms with Crippen molar-refractivity contribution < 1.29 is 0 Å². The highest BCUT2D eigenvalue weighted by Crippen LogP contribution is 2.22. The van der Waals surface area contributed by atoms with Crippen molar-refractivity contribution in [3.63, 3.8) is 0 Å². The molecule has 0 radical (unpaired) electrons. The van der Waals surface area contributed by atoms with Gasteiger partial charge in [0.25, 0.3) is 0 Å². The first-order valence-corrected chi connectivity index (χ1v) is 7.35. The Morgan fingerprint density at radius 1 is 1.33 bits per heavy atom. The molecule has 1 aliphatic rings. The first kappa shape index (κ1) is 13.8. The molecule has 2 rings (SSSR count). The maximum atomic E-state index is 5.80. The number of nitrogens with zero attached hydrogens (tertiary/aromatic N) is 3. The molecule has 2 heterocycles. The molecule has 1 aromatic heterocycles. The molecule has 0 atom stereocenters. The fourth-order valence-corrected chi connectivity index (χ4v) is 2.79. The molecule has 2 N–H and O–H groups in total. The molecule has 0 bridgehead atoms. The van der Waals surface area contributed by atoms with E-state index in [0.717, 1.165) is 42.0 Å². The van der Waals surface area contributed by atoms with Gasteiger partial charge in [-0.25, -0.2) is 4.98 Å². The molecule has 1 fully saturated rings. The summed E-state index contributed by atoms with van der Waals surface area (Å²) in [6.45, 7) is 8.30. The number of nitrogens with two attached hydrogens (primary N) is 1. The zero-order valence-electron chi connectivity index (χ0n) is 10.9. The van der Waals surface area contributed by atoms with Crippen molar-refractivity contribution in [1.82, 2.24) is 9.88 Å². The third kappa shape index (κ3) is 3.22. The minimum Gasteiger partial charge on any atom is -0.354 e. The number of anilines is 1. The van der Waals surface area contributed by atoms with E-state index >= 15 is 0 Å². The van der Waals surface area contributed by atoms with Crippen molar-refractivity contribution >= 4 is 21.7 Å². The van der Waals surface area contributed by atoms with Gasteiger partial charge < -0.3 is 10.6 Å². The van der Waals surface area contributed by atoms with Gasteiger partial charge in [0, 0.05) is 49.0 Å². The number of hydrogen-bond acceptors (Lipinski definition) is 4. The topological polar surface area (TPSA) is 45.4 Å². The molecule has 0 unspecified atom stereocenters. The SMILES string of the molecule is CCCN1CCN(c2ncc(Br)cc2CN)CC1. The van der Waals surface area contributed by atoms with Crippen LogP contribution >= 0.6 is 15.9 Å². The normalized spacial score (nSPS) is 17.2. The Balaban J connectivity index is 2.05. The van der Waals surface area contributed by atoms with Gasteiger partial charge in [-0.05, 0) is 35.0 Å². The fraction of sp³-hybridized carbons (Fsp3) is 0.615. The molecular weight excluding hydrogens is 292 g/mol. The lowest BCUT2D eigenvalue weighted by Gasteiger charge is -2.36. The van der Waals surface area contributed by atoms with Crippen LogP contribution < -0.4 is 10.6 Å². The Labute approximate surface area is 117 Å². The van der Waals surface area contributed by atoms with Crippen molar-refractivity contribution in [2.75, 3.05) is 37.6 Å². The summed E-state index contributed by atoms with van der Waals surface area (Å²) >= 11 is 3.45. The van der Waals surface area contributed by atoms with Crippen LogP contribution in [0.25, 0.3) is 0 Å². The van der Waals surface area contributed by atoms with E-state index in [4.69, 9.17) is 5.73 Å². The van der Waals surface area contributed by atoms with E-state index < -0.39 is 0 Å². The van der Waals surface area contributed by atoms with E-state index in [1.54, 1.807) is 0 Å². The number of hydrogen-bond donors (Lipinski definition) is 1. The van der Waals surface area contributed by atoms with Gasteiger partial charge in [0.1, 0.15) is 5.82 Å². The molecule has 4 nitrogen and oxygen atoms in total. The second kappa shape index (κ2) is 6.50. The summed E-state index contributed by atoms with van der Waals surface area (Å²) in [7, 11) is 0. The summed E-state index contributed by atoms with van der Waals surface area (Å²) < 4.78 is 0.997. The molecule has 100 valence electrons. The predicted octanol–water partition coefficient (Wildman–Crippen LogP) is 1.83. The first-order chi connectivity index (χ1) is 8.74. The Hall–Kier alpha value is -0.650. The van der Waals surface area contributed by atoms with E-state index in [0.29, 0.717) is 6.54 Å². The maximum Gasteiger partial charge on any atom is 0.133 e. The second-order valence-corrected chi connectivity index (χ2v) is 5.58. The first-order valence-electron chi connectivity index (χ1n) is 6.56. The molecule has 0 aromatic carbocycles. The zero-order valence-corrected chi connectivity index (χ0v) is 12.5. The third-order valence-electron chi connectivity index (χ3n) is 3.34. The van der Waals surface area contributed by atoms with E-state index in [-0.39, 0.29) is 0 Å². The highest BCUT2D eigenvalue weighted by atomic mass is 79.9. The monoisotopic (exact) mass is 312 g/mol. The number of pyridine rings is 1. The number of piperazine rings is 1. The van der Waals surface area contributed by atoms with Crippen molar-refractivity contribution in [1.29, 1.82) is 0 Å². The molecule has 0 saturated carbocycles. The number of aromatic nitrogens is 1. The second-order valence-electron chi connectivity index (χ2n) is 4.67. The summed E-state index contributed by atoms with van der Waals surface area (Å²) in [6.07, 6.45) is 3.08. The van der Waals surface area contributed by atoms with Crippen LogP contribution in [0.1, 0.15) is 18.9 Å². The van der Waals surface area contributed by atoms with Crippen LogP contribution in [-0.2, 0) is 6.54 Å². The third-order valence-corrected chi connectivity index (χ3v) is 3.77. The largest absolute Gasteiger partial charge is 0.354 e. The van der Waals surface area contributed by atoms with Gasteiger partial charge in [-0.2, -0.15) is 0 Å². The van der Waals surface area contributed by atoms with Crippen LogP contribution in [-0.4, -0.2) is 42.6 Å². The summed E-state index contributed by atoms with van der Waals surface area (Å²) in [5, 5.41) is 0. The van der Waals surface area contributed by atoms with E-state index in [1.165, 1.54) is 13.0 Å². The van der Waals surface area contributed by atoms with Gasteiger partial charge >= 0.3 is 0 Å². The van der Waals surface area contributed by atoms with Crippen molar-refractivity contribution in [3.8, 4) is 0 Å².